The standard InChI is InChI=1S/C22H18N6O3S/c29-20(15-9-10-15)23-22-28(18(12-32-22)21(30)31)11-13-5-7-14(8-6-13)16-3-1-2-4-17(16)19-24-26-27-25-19/h1-8,12,15H,9-11H2,(H,30,31)(H,24,25,26,27). The van der Waals surface area contributed by atoms with Crippen molar-refractivity contribution in [2.45, 2.75) is 19.4 Å². The van der Waals surface area contributed by atoms with Gasteiger partial charge in [0.1, 0.15) is 5.69 Å². The van der Waals surface area contributed by atoms with Gasteiger partial charge in [-0.3, -0.25) is 4.79 Å². The minimum absolute atomic E-state index is 0.0163. The minimum atomic E-state index is -1.05. The number of carboxylic acid groups (broad SMARTS) is 1. The first-order chi connectivity index (χ1) is 15.6. The van der Waals surface area contributed by atoms with E-state index in [-0.39, 0.29) is 17.5 Å². The van der Waals surface area contributed by atoms with Crippen molar-refractivity contribution in [1.82, 2.24) is 25.2 Å². The number of H-pyrrole nitrogens is 1. The number of hydrogen-bond donors (Lipinski definition) is 2. The molecule has 0 aliphatic heterocycles. The summed E-state index contributed by atoms with van der Waals surface area (Å²) in [5.74, 6) is -0.730. The lowest BCUT2D eigenvalue weighted by molar-refractivity contribution is -0.119. The Labute approximate surface area is 186 Å². The van der Waals surface area contributed by atoms with Gasteiger partial charge in [0, 0.05) is 16.9 Å². The minimum Gasteiger partial charge on any atom is -0.477 e. The van der Waals surface area contributed by atoms with E-state index in [0.717, 1.165) is 35.1 Å². The first-order valence-electron chi connectivity index (χ1n) is 10.0. The van der Waals surface area contributed by atoms with Crippen molar-refractivity contribution < 1.29 is 14.7 Å². The van der Waals surface area contributed by atoms with Crippen LogP contribution in [-0.4, -0.2) is 42.2 Å². The van der Waals surface area contributed by atoms with Gasteiger partial charge in [0.25, 0.3) is 5.91 Å². The number of nitrogens with zero attached hydrogens (tertiary/aromatic N) is 5. The van der Waals surface area contributed by atoms with Crippen molar-refractivity contribution in [2.24, 2.45) is 10.9 Å². The molecule has 0 spiro atoms. The summed E-state index contributed by atoms with van der Waals surface area (Å²) in [5, 5.41) is 25.3. The van der Waals surface area contributed by atoms with Crippen molar-refractivity contribution in [2.75, 3.05) is 0 Å². The highest BCUT2D eigenvalue weighted by Crippen LogP contribution is 2.30. The second-order valence-corrected chi connectivity index (χ2v) is 8.33. The van der Waals surface area contributed by atoms with Crippen LogP contribution in [0.25, 0.3) is 22.5 Å². The van der Waals surface area contributed by atoms with E-state index < -0.39 is 5.97 Å². The van der Waals surface area contributed by atoms with Crippen LogP contribution >= 0.6 is 11.3 Å². The third-order valence-electron chi connectivity index (χ3n) is 5.27. The van der Waals surface area contributed by atoms with Gasteiger partial charge in [-0.25, -0.2) is 4.79 Å². The topological polar surface area (TPSA) is 126 Å². The number of aromatic carboxylic acids is 1. The Kier molecular flexibility index (Phi) is 5.20. The quantitative estimate of drug-likeness (QED) is 0.469. The van der Waals surface area contributed by atoms with E-state index in [1.165, 1.54) is 16.7 Å². The van der Waals surface area contributed by atoms with Crippen molar-refractivity contribution in [3.05, 3.63) is 70.0 Å². The van der Waals surface area contributed by atoms with E-state index in [1.54, 1.807) is 4.57 Å². The first kappa shape index (κ1) is 20.0. The van der Waals surface area contributed by atoms with E-state index in [9.17, 15) is 14.7 Å². The normalized spacial score (nSPS) is 13.9. The number of aromatic nitrogens is 5. The third-order valence-corrected chi connectivity index (χ3v) is 6.13. The van der Waals surface area contributed by atoms with Gasteiger partial charge in [0.15, 0.2) is 4.80 Å². The van der Waals surface area contributed by atoms with Gasteiger partial charge < -0.3 is 9.67 Å². The lowest BCUT2D eigenvalue weighted by atomic mass is 9.98. The largest absolute Gasteiger partial charge is 0.477 e. The molecule has 0 radical (unpaired) electrons. The molecule has 1 amide bonds. The van der Waals surface area contributed by atoms with Crippen LogP contribution in [0.2, 0.25) is 0 Å². The molecule has 2 aromatic carbocycles. The number of aromatic amines is 1. The van der Waals surface area contributed by atoms with Gasteiger partial charge in [-0.1, -0.05) is 48.5 Å². The van der Waals surface area contributed by atoms with Gasteiger partial charge in [0.05, 0.1) is 6.54 Å². The number of hydrogen-bond acceptors (Lipinski definition) is 6. The Hall–Kier alpha value is -3.92. The van der Waals surface area contributed by atoms with Crippen molar-refractivity contribution in [3.8, 4) is 22.5 Å². The number of nitrogens with one attached hydrogen (secondary N) is 1. The molecule has 1 saturated carbocycles. The molecule has 0 bridgehead atoms. The Morgan fingerprint density at radius 2 is 1.88 bits per heavy atom. The Morgan fingerprint density at radius 3 is 2.53 bits per heavy atom. The zero-order valence-electron chi connectivity index (χ0n) is 16.8. The molecule has 1 aliphatic rings. The second kappa shape index (κ2) is 8.31. The summed E-state index contributed by atoms with van der Waals surface area (Å²) in [6.45, 7) is 0.300. The second-order valence-electron chi connectivity index (χ2n) is 7.50. The maximum absolute atomic E-state index is 12.2. The van der Waals surface area contributed by atoms with E-state index in [2.05, 4.69) is 25.6 Å². The van der Waals surface area contributed by atoms with Crippen LogP contribution < -0.4 is 4.80 Å². The number of rotatable bonds is 6. The van der Waals surface area contributed by atoms with Crippen molar-refractivity contribution in [3.63, 3.8) is 0 Å². The highest BCUT2D eigenvalue weighted by molar-refractivity contribution is 7.07. The predicted octanol–water partition coefficient (Wildman–Crippen LogP) is 2.98. The fourth-order valence-electron chi connectivity index (χ4n) is 3.44. The average Bonchev–Trinajstić information content (AvgIpc) is 3.38. The maximum Gasteiger partial charge on any atom is 0.353 e. The molecule has 1 aliphatic carbocycles. The van der Waals surface area contributed by atoms with E-state index in [1.807, 2.05) is 48.5 Å². The zero-order chi connectivity index (χ0) is 22.1. The highest BCUT2D eigenvalue weighted by Gasteiger charge is 2.29. The summed E-state index contributed by atoms with van der Waals surface area (Å²) < 4.78 is 1.58. The van der Waals surface area contributed by atoms with Crippen LogP contribution in [0.3, 0.4) is 0 Å². The number of thiazole rings is 1. The van der Waals surface area contributed by atoms with Gasteiger partial charge in [-0.05, 0) is 34.7 Å². The van der Waals surface area contributed by atoms with Crippen LogP contribution in [0.4, 0.5) is 0 Å². The van der Waals surface area contributed by atoms with E-state index >= 15 is 0 Å². The smallest absolute Gasteiger partial charge is 0.353 e. The number of carbonyl (C=O) groups excluding carboxylic acids is 1. The molecule has 2 heterocycles. The van der Waals surface area contributed by atoms with Gasteiger partial charge in [0.2, 0.25) is 5.82 Å². The molecule has 160 valence electrons. The lowest BCUT2D eigenvalue weighted by Gasteiger charge is -2.10. The summed E-state index contributed by atoms with van der Waals surface area (Å²) in [5.41, 5.74) is 3.79. The van der Waals surface area contributed by atoms with Gasteiger partial charge in [-0.15, -0.1) is 21.5 Å². The Morgan fingerprint density at radius 1 is 1.12 bits per heavy atom. The average molecular weight is 446 g/mol. The summed E-state index contributed by atoms with van der Waals surface area (Å²) >= 11 is 1.17. The molecule has 1 fully saturated rings. The van der Waals surface area contributed by atoms with E-state index in [4.69, 9.17) is 0 Å². The molecule has 2 aromatic heterocycles. The Bertz CT molecular complexity index is 1350. The number of benzene rings is 2. The molecule has 32 heavy (non-hydrogen) atoms. The van der Waals surface area contributed by atoms with Gasteiger partial charge in [-0.2, -0.15) is 10.2 Å². The summed E-state index contributed by atoms with van der Waals surface area (Å²) in [4.78, 5) is 28.4. The molecule has 10 heteroatoms. The number of carbonyl (C=O) groups is 2. The first-order valence-corrected chi connectivity index (χ1v) is 10.9. The molecule has 0 saturated heterocycles. The Balaban J connectivity index is 1.46. The molecule has 9 nitrogen and oxygen atoms in total. The molecular formula is C22H18N6O3S. The van der Waals surface area contributed by atoms with Gasteiger partial charge >= 0.3 is 5.97 Å². The van der Waals surface area contributed by atoms with Crippen molar-refractivity contribution >= 4 is 23.2 Å². The number of amides is 1. The van der Waals surface area contributed by atoms with Crippen LogP contribution in [-0.2, 0) is 11.3 Å². The summed E-state index contributed by atoms with van der Waals surface area (Å²) in [7, 11) is 0. The number of tetrazole rings is 1. The summed E-state index contributed by atoms with van der Waals surface area (Å²) in [6.07, 6.45) is 1.71. The predicted molar refractivity (Wildman–Crippen MR) is 117 cm³/mol. The van der Waals surface area contributed by atoms with Crippen LogP contribution in [0.15, 0.2) is 58.9 Å². The zero-order valence-corrected chi connectivity index (χ0v) is 17.6. The SMILES string of the molecule is O=C(O)c1csc(=NC(=O)C2CC2)n1Cc1ccc(-c2ccccc2-c2nn[nH]n2)cc1. The molecule has 2 N–H and O–H groups in total. The maximum atomic E-state index is 12.2. The fraction of sp³-hybridized carbons (Fsp3) is 0.182. The van der Waals surface area contributed by atoms with Crippen molar-refractivity contribution in [1.29, 1.82) is 0 Å². The fourth-order valence-corrected chi connectivity index (χ4v) is 4.32. The van der Waals surface area contributed by atoms with E-state index in [0.29, 0.717) is 17.2 Å². The lowest BCUT2D eigenvalue weighted by Crippen LogP contribution is -2.22. The molecule has 0 unspecified atom stereocenters. The molecule has 4 aromatic rings. The molecule has 0 atom stereocenters. The monoisotopic (exact) mass is 446 g/mol. The molecule has 5 rings (SSSR count). The van der Waals surface area contributed by atoms with Crippen LogP contribution in [0.5, 0.6) is 0 Å². The van der Waals surface area contributed by atoms with Crippen LogP contribution in [0, 0.1) is 5.92 Å². The number of carboxylic acids is 1. The van der Waals surface area contributed by atoms with Crippen LogP contribution in [0.1, 0.15) is 28.9 Å². The summed E-state index contributed by atoms with van der Waals surface area (Å²) in [6, 6.07) is 15.6. The third kappa shape index (κ3) is 4.00. The highest BCUT2D eigenvalue weighted by atomic mass is 32.1. The molecular weight excluding hydrogens is 428 g/mol.